The molecule has 0 amide bonds. The fraction of sp³-hybridized carbons (Fsp3) is 0.531. The number of hydrogen-bond acceptors (Lipinski definition) is 5. The number of esters is 1. The van der Waals surface area contributed by atoms with E-state index in [9.17, 15) is 14.4 Å². The molecule has 4 aliphatic rings. The van der Waals surface area contributed by atoms with E-state index in [1.165, 1.54) is 18.6 Å². The normalized spacial score (nSPS) is 33.7. The lowest BCUT2D eigenvalue weighted by Gasteiger charge is -2.55. The van der Waals surface area contributed by atoms with Crippen LogP contribution in [0.5, 0.6) is 0 Å². The number of carbonyl (C=O) groups is 3. The first kappa shape index (κ1) is 26.4. The highest BCUT2D eigenvalue weighted by Gasteiger charge is 2.66. The average molecular weight is 518 g/mol. The summed E-state index contributed by atoms with van der Waals surface area (Å²) in [6.07, 6.45) is 3.64. The molecular formula is C32H36FNO4. The Kier molecular flexibility index (Phi) is 6.84. The van der Waals surface area contributed by atoms with E-state index < -0.39 is 23.0 Å². The molecule has 5 nitrogen and oxygen atoms in total. The van der Waals surface area contributed by atoms with Gasteiger partial charge in [-0.05, 0) is 91.2 Å². The number of anilines is 1. The van der Waals surface area contributed by atoms with Crippen LogP contribution in [0.2, 0.25) is 0 Å². The molecule has 0 heterocycles. The van der Waals surface area contributed by atoms with Gasteiger partial charge in [0, 0.05) is 32.0 Å². The number of Topliss-reactive ketones (excluding diaryl/α,β-unsaturated/α-hetero) is 1. The van der Waals surface area contributed by atoms with Gasteiger partial charge >= 0.3 is 5.97 Å². The molecule has 2 saturated carbocycles. The third-order valence-electron chi connectivity index (χ3n) is 9.77. The summed E-state index contributed by atoms with van der Waals surface area (Å²) < 4.78 is 20.9. The summed E-state index contributed by atoms with van der Waals surface area (Å²) in [5.41, 5.74) is 3.47. The molecule has 0 radical (unpaired) electrons. The molecule has 0 aliphatic heterocycles. The van der Waals surface area contributed by atoms with E-state index in [2.05, 4.69) is 36.2 Å². The number of ketones is 2. The van der Waals surface area contributed by atoms with Crippen LogP contribution in [-0.4, -0.2) is 37.4 Å². The largest absolute Gasteiger partial charge is 0.458 e. The van der Waals surface area contributed by atoms with Crippen molar-refractivity contribution in [2.75, 3.05) is 19.0 Å². The summed E-state index contributed by atoms with van der Waals surface area (Å²) in [4.78, 5) is 37.6. The molecule has 6 heteroatoms. The van der Waals surface area contributed by atoms with E-state index >= 15 is 4.39 Å². The van der Waals surface area contributed by atoms with Crippen molar-refractivity contribution in [1.82, 2.24) is 0 Å². The number of allylic oxidation sites excluding steroid dienone is 4. The molecule has 38 heavy (non-hydrogen) atoms. The molecule has 6 atom stereocenters. The minimum Gasteiger partial charge on any atom is -0.458 e. The van der Waals surface area contributed by atoms with Crippen LogP contribution in [0.25, 0.3) is 0 Å². The summed E-state index contributed by atoms with van der Waals surface area (Å²) in [7, 11) is 1.88. The number of ether oxygens (including phenoxy) is 1. The number of rotatable bonds is 5. The molecule has 1 unspecified atom stereocenters. The molecule has 0 spiro atoms. The van der Waals surface area contributed by atoms with Gasteiger partial charge in [-0.25, -0.2) is 4.39 Å². The Morgan fingerprint density at radius 2 is 1.95 bits per heavy atom. The monoisotopic (exact) mass is 517 g/mol. The van der Waals surface area contributed by atoms with E-state index in [1.807, 2.05) is 19.2 Å². The lowest BCUT2D eigenvalue weighted by atomic mass is 9.48. The van der Waals surface area contributed by atoms with Gasteiger partial charge in [-0.3, -0.25) is 14.4 Å². The number of benzene rings is 1. The van der Waals surface area contributed by atoms with E-state index in [0.717, 1.165) is 23.2 Å². The molecule has 200 valence electrons. The number of hydrogen-bond donors (Lipinski definition) is 1. The first-order chi connectivity index (χ1) is 18.1. The van der Waals surface area contributed by atoms with Gasteiger partial charge in [0.15, 0.2) is 18.2 Å². The SMILES string of the molecule is CC#C[C@]1(C(=O)COC(C)=O)CC[C@H]2[C@@H]3CC(F)C4=CC(=O)CCC4=C3[C@@H](c3ccc(NC)cc3)C[C@@]21C. The third-order valence-corrected chi connectivity index (χ3v) is 9.77. The second-order valence-corrected chi connectivity index (χ2v) is 11.5. The van der Waals surface area contributed by atoms with Gasteiger partial charge < -0.3 is 10.1 Å². The van der Waals surface area contributed by atoms with Crippen molar-refractivity contribution in [3.63, 3.8) is 0 Å². The molecule has 0 saturated heterocycles. The molecule has 0 aromatic heterocycles. The van der Waals surface area contributed by atoms with Gasteiger partial charge in [-0.1, -0.05) is 30.6 Å². The predicted molar refractivity (Wildman–Crippen MR) is 144 cm³/mol. The maximum atomic E-state index is 15.8. The molecule has 5 rings (SSSR count). The summed E-state index contributed by atoms with van der Waals surface area (Å²) in [5.74, 6) is 5.68. The van der Waals surface area contributed by atoms with Gasteiger partial charge in [0.2, 0.25) is 0 Å². The number of alkyl halides is 1. The zero-order valence-electron chi connectivity index (χ0n) is 22.7. The van der Waals surface area contributed by atoms with E-state index in [0.29, 0.717) is 37.7 Å². The molecule has 2 fully saturated rings. The number of halogens is 1. The van der Waals surface area contributed by atoms with Crippen LogP contribution in [0.15, 0.2) is 47.1 Å². The lowest BCUT2D eigenvalue weighted by Crippen LogP contribution is -2.52. The van der Waals surface area contributed by atoms with Crippen molar-refractivity contribution in [3.05, 3.63) is 52.6 Å². The Hall–Kier alpha value is -3.20. The minimum atomic E-state index is -1.19. The second kappa shape index (κ2) is 9.84. The molecule has 4 aliphatic carbocycles. The Morgan fingerprint density at radius 3 is 2.61 bits per heavy atom. The molecule has 1 aromatic carbocycles. The standard InChI is InChI=1S/C32H36FNO4/c1-5-13-32(29(37)18-38-19(2)35)14-12-27-25-16-28(33)24-15-22(36)10-11-23(24)30(25)26(17-31(27,32)3)20-6-8-21(34-4)9-7-20/h6-9,15,25-28,34H,10-12,14,16-18H2,1-4H3/t25-,26+,27-,28?,31-,32+/m0/s1. The van der Waals surface area contributed by atoms with Crippen LogP contribution < -0.4 is 5.32 Å². The topological polar surface area (TPSA) is 72.5 Å². The summed E-state index contributed by atoms with van der Waals surface area (Å²) in [5, 5.41) is 3.17. The highest BCUT2D eigenvalue weighted by molar-refractivity contribution is 5.93. The minimum absolute atomic E-state index is 0.00445. The van der Waals surface area contributed by atoms with E-state index in [4.69, 9.17) is 4.74 Å². The molecule has 1 aromatic rings. The fourth-order valence-electron chi connectivity index (χ4n) is 8.08. The zero-order valence-corrected chi connectivity index (χ0v) is 22.7. The van der Waals surface area contributed by atoms with Gasteiger partial charge in [0.1, 0.15) is 6.17 Å². The van der Waals surface area contributed by atoms with Gasteiger partial charge in [0.25, 0.3) is 0 Å². The van der Waals surface area contributed by atoms with Gasteiger partial charge in [0.05, 0.1) is 5.41 Å². The fourth-order valence-corrected chi connectivity index (χ4v) is 8.08. The van der Waals surface area contributed by atoms with Crippen molar-refractivity contribution < 1.29 is 23.5 Å². The van der Waals surface area contributed by atoms with Gasteiger partial charge in [-0.15, -0.1) is 5.92 Å². The predicted octanol–water partition coefficient (Wildman–Crippen LogP) is 5.72. The highest BCUT2D eigenvalue weighted by Crippen LogP contribution is 2.69. The number of nitrogens with one attached hydrogen (secondary N) is 1. The van der Waals surface area contributed by atoms with Crippen LogP contribution in [0.1, 0.15) is 70.8 Å². The first-order valence-electron chi connectivity index (χ1n) is 13.6. The maximum Gasteiger partial charge on any atom is 0.303 e. The lowest BCUT2D eigenvalue weighted by molar-refractivity contribution is -0.150. The second-order valence-electron chi connectivity index (χ2n) is 11.5. The Morgan fingerprint density at radius 1 is 1.21 bits per heavy atom. The van der Waals surface area contributed by atoms with E-state index in [1.54, 1.807) is 6.92 Å². The summed E-state index contributed by atoms with van der Waals surface area (Å²) in [6.45, 7) is 4.90. The zero-order chi connectivity index (χ0) is 27.2. The van der Waals surface area contributed by atoms with Crippen LogP contribution in [0.3, 0.4) is 0 Å². The van der Waals surface area contributed by atoms with Crippen molar-refractivity contribution in [3.8, 4) is 11.8 Å². The Balaban J connectivity index is 1.68. The van der Waals surface area contributed by atoms with Gasteiger partial charge in [-0.2, -0.15) is 0 Å². The smallest absolute Gasteiger partial charge is 0.303 e. The van der Waals surface area contributed by atoms with Crippen LogP contribution >= 0.6 is 0 Å². The molecule has 1 N–H and O–H groups in total. The van der Waals surface area contributed by atoms with Crippen LogP contribution in [0.4, 0.5) is 10.1 Å². The van der Waals surface area contributed by atoms with Crippen molar-refractivity contribution in [2.24, 2.45) is 22.7 Å². The average Bonchev–Trinajstić information content (AvgIpc) is 3.20. The maximum absolute atomic E-state index is 15.8. The summed E-state index contributed by atoms with van der Waals surface area (Å²) >= 11 is 0. The van der Waals surface area contributed by atoms with Crippen LogP contribution in [-0.2, 0) is 19.1 Å². The Bertz CT molecular complexity index is 1300. The van der Waals surface area contributed by atoms with E-state index in [-0.39, 0.29) is 35.9 Å². The number of carbonyl (C=O) groups excluding carboxylic acids is 3. The quantitative estimate of drug-likeness (QED) is 0.400. The first-order valence-corrected chi connectivity index (χ1v) is 13.6. The van der Waals surface area contributed by atoms with Crippen molar-refractivity contribution >= 4 is 23.2 Å². The molecular weight excluding hydrogens is 481 g/mol. The molecule has 0 bridgehead atoms. The van der Waals surface area contributed by atoms with Crippen LogP contribution in [0, 0.1) is 34.5 Å². The third kappa shape index (κ3) is 4.02. The summed E-state index contributed by atoms with van der Waals surface area (Å²) in [6, 6.07) is 8.33. The van der Waals surface area contributed by atoms with Crippen molar-refractivity contribution in [2.45, 2.75) is 71.4 Å². The Labute approximate surface area is 224 Å². The highest BCUT2D eigenvalue weighted by atomic mass is 19.1. The number of fused-ring (bicyclic) bond motifs is 4. The van der Waals surface area contributed by atoms with Crippen molar-refractivity contribution in [1.29, 1.82) is 0 Å².